The number of amides is 2. The van der Waals surface area contributed by atoms with Gasteiger partial charge in [0, 0.05) is 26.2 Å². The number of hydrogen-bond donors (Lipinski definition) is 4. The molecule has 0 aromatic rings. The van der Waals surface area contributed by atoms with Crippen molar-refractivity contribution in [2.45, 2.75) is 76.3 Å². The zero-order valence-electron chi connectivity index (χ0n) is 16.0. The van der Waals surface area contributed by atoms with E-state index in [0.29, 0.717) is 39.0 Å². The van der Waals surface area contributed by atoms with E-state index in [2.05, 4.69) is 10.6 Å². The van der Waals surface area contributed by atoms with E-state index in [1.807, 2.05) is 0 Å². The normalized spacial score (nSPS) is 13.2. The predicted octanol–water partition coefficient (Wildman–Crippen LogP) is 0.340. The Morgan fingerprint density at radius 2 is 1.04 bits per heavy atom. The third-order valence-electron chi connectivity index (χ3n) is 4.26. The minimum absolute atomic E-state index is 0.110. The van der Waals surface area contributed by atoms with Crippen molar-refractivity contribution in [3.05, 3.63) is 0 Å². The summed E-state index contributed by atoms with van der Waals surface area (Å²) in [6.45, 7) is 2.01. The SMILES string of the molecule is [NH]CCCCC(N)C(=O)NCCCCCCNC(=O)C(N)CCCC[NH]. The Morgan fingerprint density at radius 3 is 1.38 bits per heavy atom. The summed E-state index contributed by atoms with van der Waals surface area (Å²) in [5.74, 6) is -0.219. The van der Waals surface area contributed by atoms with Gasteiger partial charge in [0.1, 0.15) is 0 Å². The molecule has 0 saturated heterocycles. The highest BCUT2D eigenvalue weighted by atomic mass is 16.2. The molecule has 2 atom stereocenters. The third-order valence-corrected chi connectivity index (χ3v) is 4.26. The monoisotopic (exact) mass is 370 g/mol. The van der Waals surface area contributed by atoms with Gasteiger partial charge in [0.05, 0.1) is 12.1 Å². The molecule has 0 fully saturated rings. The summed E-state index contributed by atoms with van der Waals surface area (Å²) >= 11 is 0. The maximum Gasteiger partial charge on any atom is 0.236 e. The fourth-order valence-electron chi connectivity index (χ4n) is 2.53. The predicted molar refractivity (Wildman–Crippen MR) is 104 cm³/mol. The van der Waals surface area contributed by atoms with E-state index in [-0.39, 0.29) is 11.8 Å². The van der Waals surface area contributed by atoms with Crippen molar-refractivity contribution in [2.75, 3.05) is 26.2 Å². The Balaban J connectivity index is 3.50. The van der Waals surface area contributed by atoms with E-state index >= 15 is 0 Å². The Hall–Kier alpha value is -1.22. The van der Waals surface area contributed by atoms with Gasteiger partial charge in [0.15, 0.2) is 0 Å². The smallest absolute Gasteiger partial charge is 0.236 e. The van der Waals surface area contributed by atoms with Crippen LogP contribution in [0.1, 0.15) is 64.2 Å². The number of nitrogens with one attached hydrogen (secondary N) is 4. The van der Waals surface area contributed by atoms with Crippen LogP contribution in [0.4, 0.5) is 0 Å². The van der Waals surface area contributed by atoms with Crippen molar-refractivity contribution in [1.29, 1.82) is 0 Å². The molecule has 0 spiro atoms. The highest BCUT2D eigenvalue weighted by Gasteiger charge is 2.12. The topological polar surface area (TPSA) is 158 Å². The molecule has 0 rings (SSSR count). The minimum Gasteiger partial charge on any atom is -0.355 e. The number of unbranched alkanes of at least 4 members (excludes halogenated alkanes) is 5. The van der Waals surface area contributed by atoms with Crippen LogP contribution < -0.4 is 33.6 Å². The molecule has 8 nitrogen and oxygen atoms in total. The van der Waals surface area contributed by atoms with Crippen LogP contribution in [0.2, 0.25) is 0 Å². The summed E-state index contributed by atoms with van der Waals surface area (Å²) < 4.78 is 0. The van der Waals surface area contributed by atoms with Crippen molar-refractivity contribution in [3.63, 3.8) is 0 Å². The van der Waals surface area contributed by atoms with Gasteiger partial charge in [-0.25, -0.2) is 0 Å². The van der Waals surface area contributed by atoms with Gasteiger partial charge >= 0.3 is 0 Å². The average Bonchev–Trinajstić information content (AvgIpc) is 2.63. The lowest BCUT2D eigenvalue weighted by atomic mass is 10.1. The molecule has 0 heterocycles. The molecule has 8 heteroatoms. The largest absolute Gasteiger partial charge is 0.355 e. The van der Waals surface area contributed by atoms with Crippen molar-refractivity contribution in [3.8, 4) is 0 Å². The molecule has 0 aliphatic rings. The second-order valence-electron chi connectivity index (χ2n) is 6.70. The Labute approximate surface area is 158 Å². The van der Waals surface area contributed by atoms with Gasteiger partial charge in [-0.1, -0.05) is 25.7 Å². The first-order valence-electron chi connectivity index (χ1n) is 9.88. The van der Waals surface area contributed by atoms with E-state index in [1.165, 1.54) is 0 Å². The van der Waals surface area contributed by atoms with Gasteiger partial charge in [-0.2, -0.15) is 0 Å². The summed E-state index contributed by atoms with van der Waals surface area (Å²) in [6.07, 6.45) is 8.24. The molecule has 2 unspecified atom stereocenters. The molecular formula is C18H38N6O2. The molecule has 2 radical (unpaired) electrons. The highest BCUT2D eigenvalue weighted by Crippen LogP contribution is 2.01. The Morgan fingerprint density at radius 1 is 0.654 bits per heavy atom. The second kappa shape index (κ2) is 17.2. The average molecular weight is 371 g/mol. The van der Waals surface area contributed by atoms with Crippen LogP contribution in [-0.4, -0.2) is 50.1 Å². The van der Waals surface area contributed by atoms with E-state index < -0.39 is 12.1 Å². The van der Waals surface area contributed by atoms with E-state index in [9.17, 15) is 9.59 Å². The highest BCUT2D eigenvalue weighted by molar-refractivity contribution is 5.81. The summed E-state index contributed by atoms with van der Waals surface area (Å²) in [5, 5.41) is 5.69. The summed E-state index contributed by atoms with van der Waals surface area (Å²) in [7, 11) is 0. The molecule has 0 aliphatic heterocycles. The zero-order valence-corrected chi connectivity index (χ0v) is 16.0. The lowest BCUT2D eigenvalue weighted by molar-refractivity contribution is -0.123. The van der Waals surface area contributed by atoms with Crippen LogP contribution in [0, 0.1) is 0 Å². The number of nitrogens with two attached hydrogens (primary N) is 2. The van der Waals surface area contributed by atoms with Crippen LogP contribution in [-0.2, 0) is 9.59 Å². The van der Waals surface area contributed by atoms with E-state index in [0.717, 1.165) is 51.4 Å². The fourth-order valence-corrected chi connectivity index (χ4v) is 2.53. The summed E-state index contributed by atoms with van der Waals surface area (Å²) in [5.41, 5.74) is 25.7. The zero-order chi connectivity index (χ0) is 19.6. The minimum atomic E-state index is -0.470. The second-order valence-corrected chi connectivity index (χ2v) is 6.70. The quantitative estimate of drug-likeness (QED) is 0.272. The molecule has 2 amide bonds. The summed E-state index contributed by atoms with van der Waals surface area (Å²) in [4.78, 5) is 23.5. The first-order valence-corrected chi connectivity index (χ1v) is 9.88. The first kappa shape index (κ1) is 24.8. The van der Waals surface area contributed by atoms with Gasteiger partial charge < -0.3 is 22.1 Å². The molecule has 0 aromatic heterocycles. The number of carbonyl (C=O) groups excluding carboxylic acids is 2. The number of rotatable bonds is 17. The van der Waals surface area contributed by atoms with Gasteiger partial charge in [-0.3, -0.25) is 21.1 Å². The standard InChI is InChI=1S/C18H38N6O2/c19-11-5-3-9-15(21)17(25)23-13-7-1-2-8-14-24-18(26)16(22)10-4-6-12-20/h15-16,19-20H,1-14,21-22H2,(H,23,25)(H,24,26). The van der Waals surface area contributed by atoms with Crippen molar-refractivity contribution in [1.82, 2.24) is 22.1 Å². The van der Waals surface area contributed by atoms with Crippen LogP contribution >= 0.6 is 0 Å². The Bertz CT molecular complexity index is 334. The first-order chi connectivity index (χ1) is 12.5. The van der Waals surface area contributed by atoms with Gasteiger partial charge in [-0.05, 0) is 38.5 Å². The third kappa shape index (κ3) is 14.0. The maximum absolute atomic E-state index is 11.8. The van der Waals surface area contributed by atoms with Gasteiger partial charge in [0.25, 0.3) is 0 Å². The van der Waals surface area contributed by atoms with Gasteiger partial charge in [0.2, 0.25) is 11.8 Å². The number of carbonyl (C=O) groups is 2. The lowest BCUT2D eigenvalue weighted by Crippen LogP contribution is -2.41. The molecule has 152 valence electrons. The molecule has 0 aromatic carbocycles. The van der Waals surface area contributed by atoms with Crippen molar-refractivity contribution >= 4 is 11.8 Å². The lowest BCUT2D eigenvalue weighted by Gasteiger charge is -2.12. The molecule has 0 saturated carbocycles. The van der Waals surface area contributed by atoms with E-state index in [4.69, 9.17) is 22.9 Å². The number of hydrogen-bond acceptors (Lipinski definition) is 4. The molecule has 26 heavy (non-hydrogen) atoms. The van der Waals surface area contributed by atoms with Crippen molar-refractivity contribution in [2.24, 2.45) is 11.5 Å². The van der Waals surface area contributed by atoms with E-state index in [1.54, 1.807) is 0 Å². The maximum atomic E-state index is 11.8. The molecular weight excluding hydrogens is 332 g/mol. The van der Waals surface area contributed by atoms with Crippen LogP contribution in [0.25, 0.3) is 0 Å². The Kier molecular flexibility index (Phi) is 16.4. The molecule has 8 N–H and O–H groups in total. The van der Waals surface area contributed by atoms with Crippen molar-refractivity contribution < 1.29 is 9.59 Å². The van der Waals surface area contributed by atoms with Crippen LogP contribution in [0.5, 0.6) is 0 Å². The van der Waals surface area contributed by atoms with Gasteiger partial charge in [-0.15, -0.1) is 0 Å². The molecule has 0 aliphatic carbocycles. The van der Waals surface area contributed by atoms with Crippen LogP contribution in [0.3, 0.4) is 0 Å². The summed E-state index contributed by atoms with van der Waals surface area (Å²) in [6, 6.07) is -0.941. The van der Waals surface area contributed by atoms with Crippen LogP contribution in [0.15, 0.2) is 0 Å². The fraction of sp³-hybridized carbons (Fsp3) is 0.889. The molecule has 0 bridgehead atoms.